The number of nitrogens with zero attached hydrogens (tertiary/aromatic N) is 2. The van der Waals surface area contributed by atoms with Crippen LogP contribution in [0.25, 0.3) is 15.8 Å². The van der Waals surface area contributed by atoms with E-state index in [1.807, 2.05) is 12.1 Å². The molecule has 0 bridgehead atoms. The summed E-state index contributed by atoms with van der Waals surface area (Å²) >= 11 is 9.53. The number of halogens is 1. The van der Waals surface area contributed by atoms with Gasteiger partial charge in [0.05, 0.1) is 18.8 Å². The third kappa shape index (κ3) is 1.81. The molecule has 0 fully saturated rings. The fraction of sp³-hybridized carbons (Fsp3) is 0.214. The van der Waals surface area contributed by atoms with E-state index in [1.165, 1.54) is 4.70 Å². The molecule has 1 N–H and O–H groups in total. The van der Waals surface area contributed by atoms with E-state index in [4.69, 9.17) is 11.6 Å². The lowest BCUT2D eigenvalue weighted by atomic mass is 10.1. The Hall–Kier alpha value is -1.01. The number of thiophene rings is 1. The van der Waals surface area contributed by atoms with Crippen molar-refractivity contribution in [2.75, 3.05) is 19.7 Å². The fourth-order valence-corrected chi connectivity index (χ4v) is 4.83. The second-order valence-electron chi connectivity index (χ2n) is 4.64. The van der Waals surface area contributed by atoms with E-state index in [-0.39, 0.29) is 6.61 Å². The Morgan fingerprint density at radius 3 is 3.15 bits per heavy atom. The van der Waals surface area contributed by atoms with E-state index >= 15 is 0 Å². The lowest BCUT2D eigenvalue weighted by molar-refractivity contribution is 0.339. The molecule has 0 saturated heterocycles. The maximum absolute atomic E-state index is 9.65. The quantitative estimate of drug-likeness (QED) is 0.917. The van der Waals surface area contributed by atoms with Gasteiger partial charge in [-0.05, 0) is 29.0 Å². The largest absolute Gasteiger partial charge is 0.391 e. The predicted octanol–water partition coefficient (Wildman–Crippen LogP) is 3.63. The molecule has 1 aromatic heterocycles. The van der Waals surface area contributed by atoms with Crippen LogP contribution in [0.5, 0.6) is 0 Å². The normalized spacial score (nSPS) is 18.1. The third-order valence-electron chi connectivity index (χ3n) is 3.46. The first-order valence-corrected chi connectivity index (χ1v) is 8.36. The zero-order valence-corrected chi connectivity index (χ0v) is 12.9. The van der Waals surface area contributed by atoms with Crippen molar-refractivity contribution in [3.63, 3.8) is 0 Å². The summed E-state index contributed by atoms with van der Waals surface area (Å²) in [5.74, 6) is 0. The van der Waals surface area contributed by atoms with Gasteiger partial charge in [-0.2, -0.15) is 0 Å². The minimum absolute atomic E-state index is 0.0366. The molecule has 0 spiro atoms. The summed E-state index contributed by atoms with van der Waals surface area (Å²) < 4.78 is 1.21. The van der Waals surface area contributed by atoms with Crippen LogP contribution in [-0.2, 0) is 0 Å². The van der Waals surface area contributed by atoms with Gasteiger partial charge >= 0.3 is 0 Å². The topological polar surface area (TPSA) is 35.8 Å². The highest BCUT2D eigenvalue weighted by atomic mass is 35.5. The molecule has 3 heterocycles. The Bertz CT molecular complexity index is 766. The molecule has 0 saturated carbocycles. The Labute approximate surface area is 129 Å². The second kappa shape index (κ2) is 4.77. The van der Waals surface area contributed by atoms with Crippen LogP contribution in [0.2, 0.25) is 5.02 Å². The highest BCUT2D eigenvalue weighted by Crippen LogP contribution is 2.44. The van der Waals surface area contributed by atoms with Crippen LogP contribution in [0.3, 0.4) is 0 Å². The smallest absolute Gasteiger partial charge is 0.168 e. The molecule has 0 atom stereocenters. The molecule has 0 amide bonds. The van der Waals surface area contributed by atoms with E-state index in [1.54, 1.807) is 23.1 Å². The summed E-state index contributed by atoms with van der Waals surface area (Å²) in [5.41, 5.74) is 2.18. The number of aliphatic imine (C=N–C) groups is 1. The molecule has 3 nitrogen and oxygen atoms in total. The number of aliphatic hydroxyl groups is 1. The Morgan fingerprint density at radius 1 is 1.40 bits per heavy atom. The van der Waals surface area contributed by atoms with E-state index in [2.05, 4.69) is 21.3 Å². The maximum Gasteiger partial charge on any atom is 0.168 e. The van der Waals surface area contributed by atoms with Gasteiger partial charge in [0.1, 0.15) is 0 Å². The van der Waals surface area contributed by atoms with Crippen molar-refractivity contribution in [2.24, 2.45) is 4.99 Å². The minimum atomic E-state index is 0.0366. The first kappa shape index (κ1) is 12.7. The maximum atomic E-state index is 9.65. The SMILES string of the molecule is OCC1=C(c2cc(Cl)cc3ccsc23)N2CCN=C2S1. The van der Waals surface area contributed by atoms with Gasteiger partial charge in [-0.1, -0.05) is 23.4 Å². The molecule has 0 unspecified atom stereocenters. The van der Waals surface area contributed by atoms with Crippen molar-refractivity contribution in [3.8, 4) is 0 Å². The minimum Gasteiger partial charge on any atom is -0.391 e. The summed E-state index contributed by atoms with van der Waals surface area (Å²) in [7, 11) is 0. The summed E-state index contributed by atoms with van der Waals surface area (Å²) in [5, 5.41) is 14.6. The van der Waals surface area contributed by atoms with E-state index in [0.717, 1.165) is 44.8 Å². The number of amidine groups is 1. The van der Waals surface area contributed by atoms with Crippen molar-refractivity contribution in [1.82, 2.24) is 4.90 Å². The zero-order chi connectivity index (χ0) is 13.7. The summed E-state index contributed by atoms with van der Waals surface area (Å²) in [6, 6.07) is 6.06. The van der Waals surface area contributed by atoms with Crippen molar-refractivity contribution >= 4 is 55.7 Å². The molecule has 102 valence electrons. The van der Waals surface area contributed by atoms with Crippen LogP contribution < -0.4 is 0 Å². The lowest BCUT2D eigenvalue weighted by Crippen LogP contribution is -2.20. The van der Waals surface area contributed by atoms with Gasteiger partial charge in [-0.3, -0.25) is 4.99 Å². The second-order valence-corrected chi connectivity index (χ2v) is 7.05. The van der Waals surface area contributed by atoms with E-state index in [0.29, 0.717) is 0 Å². The molecule has 0 radical (unpaired) electrons. The standard InChI is InChI=1S/C14H11ClN2OS2/c15-9-5-8-1-4-19-13(8)10(6-9)12-11(7-18)20-14-16-2-3-17(12)14/h1,4-6,18H,2-3,7H2. The fourth-order valence-electron chi connectivity index (χ4n) is 2.65. The summed E-state index contributed by atoms with van der Waals surface area (Å²) in [6.45, 7) is 1.73. The number of fused-ring (bicyclic) bond motifs is 2. The van der Waals surface area contributed by atoms with Gasteiger partial charge in [0.15, 0.2) is 5.17 Å². The molecule has 2 aromatic rings. The van der Waals surface area contributed by atoms with E-state index < -0.39 is 0 Å². The molecular formula is C14H11ClN2OS2. The average Bonchev–Trinajstić information content (AvgIpc) is 3.11. The van der Waals surface area contributed by atoms with Gasteiger partial charge in [0, 0.05) is 26.7 Å². The molecule has 20 heavy (non-hydrogen) atoms. The van der Waals surface area contributed by atoms with Crippen molar-refractivity contribution in [3.05, 3.63) is 39.1 Å². The molecule has 2 aliphatic heterocycles. The number of hydrogen-bond donors (Lipinski definition) is 1. The lowest BCUT2D eigenvalue weighted by Gasteiger charge is -2.18. The zero-order valence-electron chi connectivity index (χ0n) is 10.5. The third-order valence-corrected chi connectivity index (χ3v) is 5.75. The van der Waals surface area contributed by atoms with E-state index in [9.17, 15) is 5.11 Å². The summed E-state index contributed by atoms with van der Waals surface area (Å²) in [6.07, 6.45) is 0. The van der Waals surface area contributed by atoms with Crippen LogP contribution in [0.15, 0.2) is 33.5 Å². The molecule has 2 aliphatic rings. The monoisotopic (exact) mass is 322 g/mol. The Morgan fingerprint density at radius 2 is 2.30 bits per heavy atom. The molecule has 4 rings (SSSR count). The first-order valence-electron chi connectivity index (χ1n) is 6.29. The Balaban J connectivity index is 1.97. The van der Waals surface area contributed by atoms with Crippen LogP contribution >= 0.6 is 34.7 Å². The van der Waals surface area contributed by atoms with Gasteiger partial charge < -0.3 is 10.0 Å². The van der Waals surface area contributed by atoms with Gasteiger partial charge in [0.25, 0.3) is 0 Å². The molecular weight excluding hydrogens is 312 g/mol. The Kier molecular flexibility index (Phi) is 3.03. The first-order chi connectivity index (χ1) is 9.78. The average molecular weight is 323 g/mol. The van der Waals surface area contributed by atoms with Crippen LogP contribution in [0.1, 0.15) is 5.56 Å². The molecule has 6 heteroatoms. The highest BCUT2D eigenvalue weighted by molar-refractivity contribution is 8.17. The van der Waals surface area contributed by atoms with Crippen LogP contribution in [0, 0.1) is 0 Å². The number of aliphatic hydroxyl groups excluding tert-OH is 1. The number of benzene rings is 1. The van der Waals surface area contributed by atoms with Gasteiger partial charge in [0.2, 0.25) is 0 Å². The highest BCUT2D eigenvalue weighted by Gasteiger charge is 2.33. The van der Waals surface area contributed by atoms with Gasteiger partial charge in [-0.15, -0.1) is 11.3 Å². The van der Waals surface area contributed by atoms with Crippen LogP contribution in [0.4, 0.5) is 0 Å². The van der Waals surface area contributed by atoms with Crippen molar-refractivity contribution in [1.29, 1.82) is 0 Å². The number of hydrogen-bond acceptors (Lipinski definition) is 5. The number of rotatable bonds is 2. The van der Waals surface area contributed by atoms with Crippen molar-refractivity contribution in [2.45, 2.75) is 0 Å². The van der Waals surface area contributed by atoms with Crippen LogP contribution in [-0.4, -0.2) is 34.9 Å². The predicted molar refractivity (Wildman–Crippen MR) is 87.4 cm³/mol. The van der Waals surface area contributed by atoms with Gasteiger partial charge in [-0.25, -0.2) is 0 Å². The van der Waals surface area contributed by atoms with Crippen molar-refractivity contribution < 1.29 is 5.11 Å². The molecule has 1 aromatic carbocycles. The number of thioether (sulfide) groups is 1. The summed E-state index contributed by atoms with van der Waals surface area (Å²) in [4.78, 5) is 7.64. The molecule has 0 aliphatic carbocycles.